The van der Waals surface area contributed by atoms with Crippen LogP contribution in [0.1, 0.15) is 42.7 Å². The maximum atomic E-state index is 11.9. The van der Waals surface area contributed by atoms with E-state index in [4.69, 9.17) is 4.42 Å². The van der Waals surface area contributed by atoms with E-state index in [9.17, 15) is 13.2 Å². The Morgan fingerprint density at radius 2 is 2.00 bits per heavy atom. The molecule has 1 aromatic rings. The zero-order chi connectivity index (χ0) is 13.0. The van der Waals surface area contributed by atoms with Gasteiger partial charge >= 0.3 is 0 Å². The van der Waals surface area contributed by atoms with Gasteiger partial charge in [-0.25, -0.2) is 13.1 Å². The van der Waals surface area contributed by atoms with Gasteiger partial charge in [0.2, 0.25) is 5.09 Å². The summed E-state index contributed by atoms with van der Waals surface area (Å²) in [5, 5.41) is -0.194. The Labute approximate surface area is 107 Å². The molecule has 1 aliphatic rings. The average molecular weight is 271 g/mol. The third kappa shape index (κ3) is 3.20. The van der Waals surface area contributed by atoms with Gasteiger partial charge in [-0.2, -0.15) is 0 Å². The van der Waals surface area contributed by atoms with E-state index in [1.54, 1.807) is 0 Å². The SMILES string of the molecule is O=Cc1ccc(S(=O)(=O)NCC2CCCCC2)o1. The second-order valence-corrected chi connectivity index (χ2v) is 6.33. The number of furan rings is 1. The third-order valence-corrected chi connectivity index (χ3v) is 4.57. The van der Waals surface area contributed by atoms with Crippen LogP contribution in [-0.2, 0) is 10.0 Å². The summed E-state index contributed by atoms with van der Waals surface area (Å²) in [5.74, 6) is 0.432. The Kier molecular flexibility index (Phi) is 4.19. The Bertz CT molecular complexity index is 500. The zero-order valence-corrected chi connectivity index (χ0v) is 10.9. The second kappa shape index (κ2) is 5.67. The number of hydrogen-bond donors (Lipinski definition) is 1. The molecule has 0 radical (unpaired) electrons. The molecule has 1 aromatic heterocycles. The summed E-state index contributed by atoms with van der Waals surface area (Å²) in [6.07, 6.45) is 6.20. The van der Waals surface area contributed by atoms with E-state index in [0.29, 0.717) is 18.7 Å². The smallest absolute Gasteiger partial charge is 0.273 e. The highest BCUT2D eigenvalue weighted by atomic mass is 32.2. The van der Waals surface area contributed by atoms with Crippen molar-refractivity contribution in [2.75, 3.05) is 6.54 Å². The normalized spacial score (nSPS) is 17.8. The van der Waals surface area contributed by atoms with Crippen LogP contribution in [-0.4, -0.2) is 21.2 Å². The molecular weight excluding hydrogens is 254 g/mol. The lowest BCUT2D eigenvalue weighted by Crippen LogP contribution is -2.30. The summed E-state index contributed by atoms with van der Waals surface area (Å²) in [6.45, 7) is 0.444. The first-order chi connectivity index (χ1) is 8.62. The molecule has 0 aromatic carbocycles. The molecule has 2 rings (SSSR count). The fraction of sp³-hybridized carbons (Fsp3) is 0.583. The van der Waals surface area contributed by atoms with E-state index in [1.807, 2.05) is 0 Å². The molecule has 1 aliphatic carbocycles. The van der Waals surface area contributed by atoms with Crippen LogP contribution in [0, 0.1) is 5.92 Å². The van der Waals surface area contributed by atoms with Crippen molar-refractivity contribution in [2.45, 2.75) is 37.2 Å². The molecule has 1 saturated carbocycles. The molecule has 0 saturated heterocycles. The number of sulfonamides is 1. The molecule has 100 valence electrons. The predicted molar refractivity (Wildman–Crippen MR) is 65.9 cm³/mol. The molecule has 1 fully saturated rings. The minimum Gasteiger partial charge on any atom is -0.440 e. The van der Waals surface area contributed by atoms with Gasteiger partial charge in [0.1, 0.15) is 0 Å². The highest BCUT2D eigenvalue weighted by Gasteiger charge is 2.21. The van der Waals surface area contributed by atoms with E-state index in [0.717, 1.165) is 12.8 Å². The lowest BCUT2D eigenvalue weighted by Gasteiger charge is -2.21. The van der Waals surface area contributed by atoms with E-state index in [-0.39, 0.29) is 10.9 Å². The molecular formula is C12H17NO4S. The molecule has 0 bridgehead atoms. The minimum atomic E-state index is -3.62. The van der Waals surface area contributed by atoms with Crippen LogP contribution in [0.3, 0.4) is 0 Å². The largest absolute Gasteiger partial charge is 0.440 e. The fourth-order valence-electron chi connectivity index (χ4n) is 2.23. The van der Waals surface area contributed by atoms with Crippen LogP contribution in [0.15, 0.2) is 21.6 Å². The van der Waals surface area contributed by atoms with Gasteiger partial charge in [0.15, 0.2) is 12.0 Å². The monoisotopic (exact) mass is 271 g/mol. The molecule has 1 heterocycles. The first-order valence-corrected chi connectivity index (χ1v) is 7.65. The van der Waals surface area contributed by atoms with Gasteiger partial charge in [-0.05, 0) is 30.9 Å². The Morgan fingerprint density at radius 1 is 1.28 bits per heavy atom. The predicted octanol–water partition coefficient (Wildman–Crippen LogP) is 1.95. The van der Waals surface area contributed by atoms with Gasteiger partial charge in [0, 0.05) is 6.54 Å². The lowest BCUT2D eigenvalue weighted by atomic mass is 9.90. The summed E-state index contributed by atoms with van der Waals surface area (Å²) >= 11 is 0. The van der Waals surface area contributed by atoms with Crippen LogP contribution >= 0.6 is 0 Å². The number of aldehydes is 1. The molecule has 0 unspecified atom stereocenters. The van der Waals surface area contributed by atoms with Crippen molar-refractivity contribution in [2.24, 2.45) is 5.92 Å². The Hall–Kier alpha value is -1.14. The molecule has 0 atom stereocenters. The van der Waals surface area contributed by atoms with Crippen LogP contribution in [0.25, 0.3) is 0 Å². The number of nitrogens with one attached hydrogen (secondary N) is 1. The topological polar surface area (TPSA) is 76.4 Å². The van der Waals surface area contributed by atoms with Crippen molar-refractivity contribution in [3.63, 3.8) is 0 Å². The maximum Gasteiger partial charge on any atom is 0.273 e. The van der Waals surface area contributed by atoms with Crippen LogP contribution < -0.4 is 4.72 Å². The van der Waals surface area contributed by atoms with E-state index < -0.39 is 10.0 Å². The quantitative estimate of drug-likeness (QED) is 0.830. The van der Waals surface area contributed by atoms with Gasteiger partial charge in [0.25, 0.3) is 10.0 Å². The number of hydrogen-bond acceptors (Lipinski definition) is 4. The van der Waals surface area contributed by atoms with Crippen molar-refractivity contribution >= 4 is 16.3 Å². The van der Waals surface area contributed by atoms with E-state index in [2.05, 4.69) is 4.72 Å². The van der Waals surface area contributed by atoms with Gasteiger partial charge in [-0.15, -0.1) is 0 Å². The van der Waals surface area contributed by atoms with Gasteiger partial charge < -0.3 is 4.42 Å². The minimum absolute atomic E-state index is 0.0213. The summed E-state index contributed by atoms with van der Waals surface area (Å²) in [6, 6.07) is 2.65. The number of rotatable bonds is 5. The fourth-order valence-corrected chi connectivity index (χ4v) is 3.28. The lowest BCUT2D eigenvalue weighted by molar-refractivity contribution is 0.109. The molecule has 0 amide bonds. The Balaban J connectivity index is 1.96. The standard InChI is InChI=1S/C12H17NO4S/c14-9-11-6-7-12(17-11)18(15,16)13-8-10-4-2-1-3-5-10/h6-7,9-10,13H,1-5,8H2. The first kappa shape index (κ1) is 13.3. The highest BCUT2D eigenvalue weighted by molar-refractivity contribution is 7.89. The summed E-state index contributed by atoms with van der Waals surface area (Å²) in [7, 11) is -3.62. The molecule has 18 heavy (non-hydrogen) atoms. The van der Waals surface area contributed by atoms with Crippen molar-refractivity contribution in [3.8, 4) is 0 Å². The van der Waals surface area contributed by atoms with Crippen LogP contribution in [0.2, 0.25) is 0 Å². The third-order valence-electron chi connectivity index (χ3n) is 3.27. The summed E-state index contributed by atoms with van der Waals surface area (Å²) in [4.78, 5) is 10.4. The first-order valence-electron chi connectivity index (χ1n) is 6.16. The van der Waals surface area contributed by atoms with E-state index >= 15 is 0 Å². The molecule has 0 aliphatic heterocycles. The molecule has 5 nitrogen and oxygen atoms in total. The summed E-state index contributed by atoms with van der Waals surface area (Å²) in [5.41, 5.74) is 0. The van der Waals surface area contributed by atoms with Gasteiger partial charge in [-0.3, -0.25) is 4.79 Å². The van der Waals surface area contributed by atoms with Crippen molar-refractivity contribution < 1.29 is 17.6 Å². The van der Waals surface area contributed by atoms with Crippen molar-refractivity contribution in [3.05, 3.63) is 17.9 Å². The van der Waals surface area contributed by atoms with Crippen LogP contribution in [0.4, 0.5) is 0 Å². The van der Waals surface area contributed by atoms with E-state index in [1.165, 1.54) is 31.4 Å². The van der Waals surface area contributed by atoms with Gasteiger partial charge in [-0.1, -0.05) is 19.3 Å². The summed E-state index contributed by atoms with van der Waals surface area (Å²) < 4.78 is 31.2. The number of carbonyl (C=O) groups is 1. The van der Waals surface area contributed by atoms with Gasteiger partial charge in [0.05, 0.1) is 0 Å². The highest BCUT2D eigenvalue weighted by Crippen LogP contribution is 2.23. The average Bonchev–Trinajstić information content (AvgIpc) is 2.87. The molecule has 0 spiro atoms. The molecule has 1 N–H and O–H groups in total. The number of carbonyl (C=O) groups excluding carboxylic acids is 1. The molecule has 6 heteroatoms. The zero-order valence-electron chi connectivity index (χ0n) is 10.1. The van der Waals surface area contributed by atoms with Crippen molar-refractivity contribution in [1.29, 1.82) is 0 Å². The Morgan fingerprint density at radius 3 is 2.61 bits per heavy atom. The van der Waals surface area contributed by atoms with Crippen molar-refractivity contribution in [1.82, 2.24) is 4.72 Å². The second-order valence-electron chi connectivity index (χ2n) is 4.63. The van der Waals surface area contributed by atoms with Crippen LogP contribution in [0.5, 0.6) is 0 Å². The maximum absolute atomic E-state index is 11.9.